The van der Waals surface area contributed by atoms with Crippen molar-refractivity contribution in [3.05, 3.63) is 50.8 Å². The van der Waals surface area contributed by atoms with Gasteiger partial charge in [0, 0.05) is 12.1 Å². The summed E-state index contributed by atoms with van der Waals surface area (Å²) in [5.74, 6) is 0.0867. The van der Waals surface area contributed by atoms with Crippen molar-refractivity contribution in [1.82, 2.24) is 9.55 Å². The van der Waals surface area contributed by atoms with Crippen molar-refractivity contribution >= 4 is 34.3 Å². The van der Waals surface area contributed by atoms with Gasteiger partial charge < -0.3 is 18.9 Å². The van der Waals surface area contributed by atoms with Gasteiger partial charge in [-0.1, -0.05) is 11.8 Å². The number of benzene rings is 2. The Kier molecular flexibility index (Phi) is 7.54. The lowest BCUT2D eigenvalue weighted by molar-refractivity contribution is -0.384. The van der Waals surface area contributed by atoms with Crippen LogP contribution in [-0.4, -0.2) is 53.1 Å². The molecule has 3 aromatic rings. The molecule has 0 saturated heterocycles. The number of carbonyl (C=O) groups is 1. The molecule has 0 atom stereocenters. The molecule has 0 fully saturated rings. The monoisotopic (exact) mass is 503 g/mol. The highest BCUT2D eigenvalue weighted by atomic mass is 32.2. The van der Waals surface area contributed by atoms with Crippen molar-refractivity contribution in [2.75, 3.05) is 27.1 Å². The van der Waals surface area contributed by atoms with Crippen LogP contribution in [0, 0.1) is 10.1 Å². The molecular weight excluding hydrogens is 478 g/mol. The highest BCUT2D eigenvalue weighted by Crippen LogP contribution is 2.42. The Balaban J connectivity index is 2.26. The van der Waals surface area contributed by atoms with Crippen LogP contribution in [0.5, 0.6) is 17.2 Å². The quantitative estimate of drug-likeness (QED) is 0.147. The molecule has 0 aliphatic carbocycles. The van der Waals surface area contributed by atoms with Crippen LogP contribution in [0.25, 0.3) is 16.6 Å². The SMILES string of the molecule is COc1cc2c(=O)n(-c3ccc([N+](=O)[O-])cc3)c(SCC(=O)OC(C)(C)C)nc2c(OC)c1OC. The molecule has 0 bridgehead atoms. The smallest absolute Gasteiger partial charge is 0.316 e. The molecule has 2 aromatic carbocycles. The zero-order chi connectivity index (χ0) is 25.9. The van der Waals surface area contributed by atoms with Crippen LogP contribution in [-0.2, 0) is 9.53 Å². The Morgan fingerprint density at radius 3 is 2.23 bits per heavy atom. The zero-order valence-electron chi connectivity index (χ0n) is 20.1. The van der Waals surface area contributed by atoms with E-state index in [4.69, 9.17) is 18.9 Å². The molecule has 0 N–H and O–H groups in total. The number of rotatable bonds is 8. The Morgan fingerprint density at radius 1 is 1.09 bits per heavy atom. The maximum Gasteiger partial charge on any atom is 0.316 e. The lowest BCUT2D eigenvalue weighted by atomic mass is 10.2. The molecule has 186 valence electrons. The first-order valence-electron chi connectivity index (χ1n) is 10.4. The fourth-order valence-corrected chi connectivity index (χ4v) is 4.09. The number of non-ortho nitro benzene ring substituents is 1. The average molecular weight is 504 g/mol. The summed E-state index contributed by atoms with van der Waals surface area (Å²) in [4.78, 5) is 41.2. The molecule has 0 unspecified atom stereocenters. The number of ether oxygens (including phenoxy) is 4. The fourth-order valence-electron chi connectivity index (χ4n) is 3.31. The number of hydrogen-bond donors (Lipinski definition) is 0. The van der Waals surface area contributed by atoms with Crippen LogP contribution in [0.3, 0.4) is 0 Å². The number of carbonyl (C=O) groups excluding carboxylic acids is 1. The molecule has 0 radical (unpaired) electrons. The van der Waals surface area contributed by atoms with Crippen molar-refractivity contribution in [2.45, 2.75) is 31.5 Å². The first-order chi connectivity index (χ1) is 16.5. The zero-order valence-corrected chi connectivity index (χ0v) is 20.9. The third-order valence-electron chi connectivity index (χ3n) is 4.69. The van der Waals surface area contributed by atoms with Crippen LogP contribution in [0.2, 0.25) is 0 Å². The number of hydrogen-bond acceptors (Lipinski definition) is 10. The van der Waals surface area contributed by atoms with Gasteiger partial charge in [-0.2, -0.15) is 0 Å². The van der Waals surface area contributed by atoms with E-state index in [1.54, 1.807) is 20.8 Å². The summed E-state index contributed by atoms with van der Waals surface area (Å²) in [6, 6.07) is 6.91. The Bertz CT molecular complexity index is 1330. The van der Waals surface area contributed by atoms with Gasteiger partial charge >= 0.3 is 5.97 Å². The fraction of sp³-hybridized carbons (Fsp3) is 0.348. The first kappa shape index (κ1) is 25.8. The Morgan fingerprint density at radius 2 is 1.71 bits per heavy atom. The molecular formula is C23H25N3O8S. The maximum absolute atomic E-state index is 13.7. The van der Waals surface area contributed by atoms with Gasteiger partial charge in [0.05, 0.1) is 43.1 Å². The van der Waals surface area contributed by atoms with Crippen LogP contribution in [0.4, 0.5) is 5.69 Å². The normalized spacial score (nSPS) is 11.3. The molecule has 1 heterocycles. The summed E-state index contributed by atoms with van der Waals surface area (Å²) in [5, 5.41) is 11.4. The summed E-state index contributed by atoms with van der Waals surface area (Å²) in [5.41, 5.74) is -0.767. The van der Waals surface area contributed by atoms with Crippen LogP contribution in [0.15, 0.2) is 40.3 Å². The lowest BCUT2D eigenvalue weighted by Gasteiger charge is -2.20. The summed E-state index contributed by atoms with van der Waals surface area (Å²) in [7, 11) is 4.27. The van der Waals surface area contributed by atoms with E-state index in [1.807, 2.05) is 0 Å². The summed E-state index contributed by atoms with van der Waals surface area (Å²) in [6.07, 6.45) is 0. The third kappa shape index (κ3) is 5.48. The number of nitrogens with zero attached hydrogens (tertiary/aromatic N) is 3. The minimum atomic E-state index is -0.681. The van der Waals surface area contributed by atoms with Crippen LogP contribution >= 0.6 is 11.8 Å². The topological polar surface area (TPSA) is 132 Å². The molecule has 0 aliphatic heterocycles. The van der Waals surface area contributed by atoms with Crippen molar-refractivity contribution in [2.24, 2.45) is 0 Å². The number of nitro benzene ring substituents is 1. The highest BCUT2D eigenvalue weighted by molar-refractivity contribution is 7.99. The molecule has 0 amide bonds. The summed E-state index contributed by atoms with van der Waals surface area (Å²) < 4.78 is 22.9. The standard InChI is InChI=1S/C23H25N3O8S/c1-23(2,3)34-17(27)12-35-22-24-18-15(11-16(31-4)19(32-5)20(18)33-6)21(28)25(22)13-7-9-14(10-8-13)26(29)30/h7-11H,12H2,1-6H3. The van der Waals surface area contributed by atoms with Gasteiger partial charge in [0.15, 0.2) is 16.7 Å². The summed E-state index contributed by atoms with van der Waals surface area (Å²) >= 11 is 0.989. The molecule has 0 saturated carbocycles. The average Bonchev–Trinajstić information content (AvgIpc) is 2.80. The van der Waals surface area contributed by atoms with Crippen molar-refractivity contribution < 1.29 is 28.7 Å². The molecule has 1 aromatic heterocycles. The van der Waals surface area contributed by atoms with Gasteiger partial charge in [-0.3, -0.25) is 24.3 Å². The van der Waals surface area contributed by atoms with Gasteiger partial charge in [0.1, 0.15) is 11.1 Å². The second-order valence-electron chi connectivity index (χ2n) is 8.23. The number of esters is 1. The number of thioether (sulfide) groups is 1. The lowest BCUT2D eigenvalue weighted by Crippen LogP contribution is -2.26. The first-order valence-corrected chi connectivity index (χ1v) is 11.3. The van der Waals surface area contributed by atoms with Crippen molar-refractivity contribution in [3.8, 4) is 22.9 Å². The summed E-state index contributed by atoms with van der Waals surface area (Å²) in [6.45, 7) is 5.25. The number of fused-ring (bicyclic) bond motifs is 1. The van der Waals surface area contributed by atoms with Crippen molar-refractivity contribution in [3.63, 3.8) is 0 Å². The Labute approximate surface area is 205 Å². The van der Waals surface area contributed by atoms with E-state index in [9.17, 15) is 19.7 Å². The van der Waals surface area contributed by atoms with Crippen molar-refractivity contribution in [1.29, 1.82) is 0 Å². The number of nitro groups is 1. The van der Waals surface area contributed by atoms with Gasteiger partial charge in [-0.05, 0) is 39.0 Å². The van der Waals surface area contributed by atoms with E-state index in [1.165, 1.54) is 56.2 Å². The molecule has 12 heteroatoms. The van der Waals surface area contributed by atoms with Crippen LogP contribution in [0.1, 0.15) is 20.8 Å². The highest BCUT2D eigenvalue weighted by Gasteiger charge is 2.24. The van der Waals surface area contributed by atoms with E-state index in [-0.39, 0.29) is 44.7 Å². The largest absolute Gasteiger partial charge is 0.493 e. The van der Waals surface area contributed by atoms with E-state index in [2.05, 4.69) is 4.98 Å². The Hall–Kier alpha value is -3.80. The maximum atomic E-state index is 13.7. The molecule has 0 aliphatic rings. The molecule has 11 nitrogen and oxygen atoms in total. The van der Waals surface area contributed by atoms with E-state index in [0.717, 1.165) is 11.8 Å². The second-order valence-corrected chi connectivity index (χ2v) is 9.17. The third-order valence-corrected chi connectivity index (χ3v) is 5.61. The number of aromatic nitrogens is 2. The molecule has 35 heavy (non-hydrogen) atoms. The van der Waals surface area contributed by atoms with Gasteiger partial charge in [0.25, 0.3) is 11.2 Å². The van der Waals surface area contributed by atoms with Gasteiger partial charge in [-0.15, -0.1) is 0 Å². The van der Waals surface area contributed by atoms with E-state index in [0.29, 0.717) is 5.69 Å². The molecule has 3 rings (SSSR count). The van der Waals surface area contributed by atoms with Gasteiger partial charge in [0.2, 0.25) is 5.75 Å². The molecule has 0 spiro atoms. The van der Waals surface area contributed by atoms with E-state index < -0.39 is 22.1 Å². The second kappa shape index (κ2) is 10.2. The van der Waals surface area contributed by atoms with E-state index >= 15 is 0 Å². The minimum absolute atomic E-state index is 0.127. The predicted molar refractivity (Wildman–Crippen MR) is 130 cm³/mol. The number of methoxy groups -OCH3 is 3. The minimum Gasteiger partial charge on any atom is -0.493 e. The van der Waals surface area contributed by atoms with Gasteiger partial charge in [-0.25, -0.2) is 4.98 Å². The predicted octanol–water partition coefficient (Wildman–Crippen LogP) is 3.75. The van der Waals surface area contributed by atoms with Crippen LogP contribution < -0.4 is 19.8 Å².